The standard InChI is InChI=1S/2C3H7.2C2HF3O2.Sn/c2*1-3-2;2*3-2(4,5)1(6)7;/h2*1,3H2,2H3;2*(H,6,7);/q;;;;+2/p-2. The molecule has 0 fully saturated rings. The molecular weight excluding hydrogens is 417 g/mol. The van der Waals surface area contributed by atoms with E-state index in [2.05, 4.69) is 13.8 Å². The van der Waals surface area contributed by atoms with Crippen LogP contribution in [-0.2, 0) is 9.59 Å². The number of alkyl halides is 6. The summed E-state index contributed by atoms with van der Waals surface area (Å²) in [7, 11) is 0. The van der Waals surface area contributed by atoms with Gasteiger partial charge in [0.25, 0.3) is 0 Å². The molecule has 0 aliphatic carbocycles. The van der Waals surface area contributed by atoms with Gasteiger partial charge in [0.2, 0.25) is 0 Å². The van der Waals surface area contributed by atoms with Crippen molar-refractivity contribution in [3.05, 3.63) is 0 Å². The molecule has 0 aliphatic rings. The van der Waals surface area contributed by atoms with Crippen LogP contribution in [0.2, 0.25) is 8.87 Å². The minimum atomic E-state index is -5.19. The number of hydrogen-bond acceptors (Lipinski definition) is 4. The van der Waals surface area contributed by atoms with Gasteiger partial charge in [-0.1, -0.05) is 0 Å². The molecule has 0 aliphatic heterocycles. The van der Waals surface area contributed by atoms with E-state index < -0.39 is 24.3 Å². The van der Waals surface area contributed by atoms with Crippen LogP contribution >= 0.6 is 0 Å². The Morgan fingerprint density at radius 2 is 1.00 bits per heavy atom. The van der Waals surface area contributed by atoms with Crippen molar-refractivity contribution in [2.24, 2.45) is 0 Å². The second-order valence-corrected chi connectivity index (χ2v) is 7.60. The van der Waals surface area contributed by atoms with Gasteiger partial charge in [0.05, 0.1) is 0 Å². The van der Waals surface area contributed by atoms with Crippen molar-refractivity contribution >= 4 is 33.1 Å². The zero-order valence-corrected chi connectivity index (χ0v) is 14.1. The third kappa shape index (κ3) is 24.7. The van der Waals surface area contributed by atoms with Crippen molar-refractivity contribution in [1.29, 1.82) is 0 Å². The summed E-state index contributed by atoms with van der Waals surface area (Å²) in [5.74, 6) is -6.01. The molecule has 11 heteroatoms. The predicted molar refractivity (Wildman–Crippen MR) is 58.1 cm³/mol. The van der Waals surface area contributed by atoms with Crippen LogP contribution in [0, 0.1) is 0 Å². The molecule has 0 aromatic carbocycles. The van der Waals surface area contributed by atoms with Crippen LogP contribution in [0.25, 0.3) is 0 Å². The zero-order chi connectivity index (χ0) is 17.7. The summed E-state index contributed by atoms with van der Waals surface area (Å²) in [5, 5.41) is 17.6. The molecule has 0 radical (unpaired) electrons. The fourth-order valence-corrected chi connectivity index (χ4v) is 3.21. The SMILES string of the molecule is CC[CH2][Sn+2][CH2]CC.O=C([O-])C(F)(F)F.O=C([O-])C(F)(F)F. The van der Waals surface area contributed by atoms with Gasteiger partial charge in [-0.2, -0.15) is 26.3 Å². The molecule has 0 aromatic heterocycles. The summed E-state index contributed by atoms with van der Waals surface area (Å²) in [6.45, 7) is 4.58. The smallest absolute Gasteiger partial charge is 0.430 e. The number of aliphatic carboxylic acids is 2. The van der Waals surface area contributed by atoms with E-state index in [9.17, 15) is 26.3 Å². The number of carboxylic acid groups (broad SMARTS) is 2. The van der Waals surface area contributed by atoms with Crippen molar-refractivity contribution in [1.82, 2.24) is 0 Å². The Labute approximate surface area is 127 Å². The molecule has 0 spiro atoms. The van der Waals surface area contributed by atoms with E-state index in [1.165, 1.54) is 12.8 Å². The normalized spacial score (nSPS) is 10.3. The third-order valence-electron chi connectivity index (χ3n) is 1.32. The summed E-state index contributed by atoms with van der Waals surface area (Å²) in [6, 6.07) is 0. The van der Waals surface area contributed by atoms with E-state index in [0.29, 0.717) is 0 Å². The van der Waals surface area contributed by atoms with E-state index in [1.54, 1.807) is 8.87 Å². The summed E-state index contributed by atoms with van der Waals surface area (Å²) in [5.41, 5.74) is 0. The summed E-state index contributed by atoms with van der Waals surface area (Å²) < 4.78 is 66.3. The molecule has 0 bridgehead atoms. The Morgan fingerprint density at radius 1 is 0.810 bits per heavy atom. The number of carboxylic acids is 2. The first-order valence-electron chi connectivity index (χ1n) is 5.57. The zero-order valence-electron chi connectivity index (χ0n) is 11.2. The first kappa shape index (κ1) is 25.3. The van der Waals surface area contributed by atoms with Crippen molar-refractivity contribution in [3.8, 4) is 0 Å². The van der Waals surface area contributed by atoms with Crippen molar-refractivity contribution < 1.29 is 46.1 Å². The monoisotopic (exact) mass is 432 g/mol. The second kappa shape index (κ2) is 13.0. The Kier molecular flexibility index (Phi) is 15.7. The number of halogens is 6. The minimum absolute atomic E-state index is 0.181. The Bertz CT molecular complexity index is 262. The van der Waals surface area contributed by atoms with Crippen LogP contribution in [0.15, 0.2) is 0 Å². The Morgan fingerprint density at radius 3 is 1.10 bits per heavy atom. The molecule has 21 heavy (non-hydrogen) atoms. The van der Waals surface area contributed by atoms with Gasteiger partial charge >= 0.3 is 69.1 Å². The first-order chi connectivity index (χ1) is 9.30. The van der Waals surface area contributed by atoms with Gasteiger partial charge in [0.15, 0.2) is 0 Å². The average molecular weight is 431 g/mol. The molecule has 0 amide bonds. The molecule has 124 valence electrons. The van der Waals surface area contributed by atoms with Gasteiger partial charge in [-0.25, -0.2) is 0 Å². The van der Waals surface area contributed by atoms with E-state index >= 15 is 0 Å². The maximum absolute atomic E-state index is 10.5. The van der Waals surface area contributed by atoms with Crippen LogP contribution in [0.1, 0.15) is 26.7 Å². The summed E-state index contributed by atoms with van der Waals surface area (Å²) >= 11 is 0.181. The Balaban J connectivity index is -0.000000231. The van der Waals surface area contributed by atoms with Crippen LogP contribution in [0.3, 0.4) is 0 Å². The van der Waals surface area contributed by atoms with Gasteiger partial charge in [-0.05, 0) is 0 Å². The molecule has 0 unspecified atom stereocenters. The van der Waals surface area contributed by atoms with E-state index in [0.717, 1.165) is 0 Å². The van der Waals surface area contributed by atoms with Gasteiger partial charge < -0.3 is 19.8 Å². The molecule has 4 nitrogen and oxygen atoms in total. The van der Waals surface area contributed by atoms with Crippen LogP contribution in [0.5, 0.6) is 0 Å². The number of rotatable bonds is 4. The van der Waals surface area contributed by atoms with Crippen molar-refractivity contribution in [2.75, 3.05) is 0 Å². The van der Waals surface area contributed by atoms with Gasteiger partial charge in [-0.3, -0.25) is 0 Å². The topological polar surface area (TPSA) is 80.3 Å². The average Bonchev–Trinajstić information content (AvgIpc) is 2.28. The number of carbonyl (C=O) groups is 2. The van der Waals surface area contributed by atoms with Gasteiger partial charge in [-0.15, -0.1) is 0 Å². The number of hydrogen-bond donors (Lipinski definition) is 0. The summed E-state index contributed by atoms with van der Waals surface area (Å²) in [4.78, 5) is 17.6. The summed E-state index contributed by atoms with van der Waals surface area (Å²) in [6.07, 6.45) is -7.52. The fourth-order valence-electron chi connectivity index (χ4n) is 0.479. The molecular formula is C10H14F6O4Sn. The third-order valence-corrected chi connectivity index (χ3v) is 6.19. The second-order valence-electron chi connectivity index (χ2n) is 3.32. The molecule has 0 rings (SSSR count). The largest absolute Gasteiger partial charge is 0.542 e. The minimum Gasteiger partial charge on any atom is -0.542 e. The first-order valence-corrected chi connectivity index (χ1v) is 9.61. The van der Waals surface area contributed by atoms with Crippen molar-refractivity contribution in [2.45, 2.75) is 47.9 Å². The molecule has 0 aromatic rings. The Hall–Kier alpha value is -0.681. The van der Waals surface area contributed by atoms with Crippen LogP contribution in [0.4, 0.5) is 26.3 Å². The van der Waals surface area contributed by atoms with E-state index in [-0.39, 0.29) is 21.1 Å². The van der Waals surface area contributed by atoms with E-state index in [4.69, 9.17) is 19.8 Å². The molecule has 0 N–H and O–H groups in total. The van der Waals surface area contributed by atoms with Gasteiger partial charge in [0, 0.05) is 0 Å². The van der Waals surface area contributed by atoms with Gasteiger partial charge in [0.1, 0.15) is 11.9 Å². The number of carbonyl (C=O) groups excluding carboxylic acids is 2. The predicted octanol–water partition coefficient (Wildman–Crippen LogP) is 0.944. The molecule has 0 saturated heterocycles. The fraction of sp³-hybridized carbons (Fsp3) is 0.800. The van der Waals surface area contributed by atoms with E-state index in [1.807, 2.05) is 0 Å². The quantitative estimate of drug-likeness (QED) is 0.378. The van der Waals surface area contributed by atoms with Crippen LogP contribution in [-0.4, -0.2) is 45.4 Å². The molecule has 0 saturated carbocycles. The maximum Gasteiger partial charge on any atom is 0.430 e. The molecule has 0 heterocycles. The van der Waals surface area contributed by atoms with Crippen molar-refractivity contribution in [3.63, 3.8) is 0 Å². The maximum atomic E-state index is 10.5. The van der Waals surface area contributed by atoms with Crippen LogP contribution < -0.4 is 10.2 Å². The molecule has 0 atom stereocenters.